The van der Waals surface area contributed by atoms with E-state index < -0.39 is 22.9 Å². The number of aliphatic hydroxyl groups excluding tert-OH is 1. The number of hydrogen-bond donors (Lipinski definition) is 1. The first-order chi connectivity index (χ1) is 7.99. The number of rotatable bonds is 5. The van der Waals surface area contributed by atoms with Crippen LogP contribution >= 0.6 is 0 Å². The van der Waals surface area contributed by atoms with Crippen LogP contribution in [0.4, 0.5) is 0 Å². The van der Waals surface area contributed by atoms with Gasteiger partial charge in [0.25, 0.3) is 0 Å². The van der Waals surface area contributed by atoms with E-state index in [9.17, 15) is 14.1 Å². The normalized spacial score (nSPS) is 14.1. The maximum Gasteiger partial charge on any atom is 0.302 e. The van der Waals surface area contributed by atoms with Gasteiger partial charge in [0.2, 0.25) is 0 Å². The lowest BCUT2D eigenvalue weighted by Crippen LogP contribution is -2.23. The summed E-state index contributed by atoms with van der Waals surface area (Å²) in [6.45, 7) is 3.10. The Morgan fingerprint density at radius 3 is 2.53 bits per heavy atom. The molecule has 94 valence electrons. The lowest BCUT2D eigenvalue weighted by atomic mass is 10.2. The standard InChI is InChI=1S/C12H16O4S/c1-9-3-5-12(6-4-9)17(15)8-11(14)7-16-10(2)13/h3-6,11,14H,7-8H2,1-2H3/t11-,17+/m1/s1. The van der Waals surface area contributed by atoms with Gasteiger partial charge in [-0.15, -0.1) is 0 Å². The van der Waals surface area contributed by atoms with Crippen molar-refractivity contribution in [1.29, 1.82) is 0 Å². The summed E-state index contributed by atoms with van der Waals surface area (Å²) in [7, 11) is -1.28. The topological polar surface area (TPSA) is 63.6 Å². The van der Waals surface area contributed by atoms with Gasteiger partial charge in [0.15, 0.2) is 0 Å². The number of benzene rings is 1. The molecule has 1 aromatic rings. The Bertz CT molecular complexity index is 399. The smallest absolute Gasteiger partial charge is 0.302 e. The third kappa shape index (κ3) is 5.10. The second-order valence-corrected chi connectivity index (χ2v) is 5.28. The van der Waals surface area contributed by atoms with E-state index in [1.807, 2.05) is 19.1 Å². The summed E-state index contributed by atoms with van der Waals surface area (Å²) in [5.74, 6) is -0.388. The van der Waals surface area contributed by atoms with Crippen LogP contribution in [0.3, 0.4) is 0 Å². The summed E-state index contributed by atoms with van der Waals surface area (Å²) in [5, 5.41) is 9.51. The van der Waals surface area contributed by atoms with Crippen LogP contribution in [-0.4, -0.2) is 33.7 Å². The maximum absolute atomic E-state index is 11.8. The quantitative estimate of drug-likeness (QED) is 0.799. The summed E-state index contributed by atoms with van der Waals surface area (Å²) in [6, 6.07) is 7.27. The molecule has 1 aromatic carbocycles. The minimum Gasteiger partial charge on any atom is -0.463 e. The fourth-order valence-electron chi connectivity index (χ4n) is 1.22. The summed E-state index contributed by atoms with van der Waals surface area (Å²) >= 11 is 0. The molecule has 0 spiro atoms. The van der Waals surface area contributed by atoms with E-state index >= 15 is 0 Å². The zero-order valence-corrected chi connectivity index (χ0v) is 10.7. The molecular formula is C12H16O4S. The lowest BCUT2D eigenvalue weighted by Gasteiger charge is -2.10. The molecule has 1 N–H and O–H groups in total. The van der Waals surface area contributed by atoms with Crippen molar-refractivity contribution in [2.45, 2.75) is 24.8 Å². The molecule has 2 atom stereocenters. The van der Waals surface area contributed by atoms with Crippen LogP contribution in [0.2, 0.25) is 0 Å². The van der Waals surface area contributed by atoms with Crippen molar-refractivity contribution in [3.8, 4) is 0 Å². The molecule has 0 aliphatic carbocycles. The highest BCUT2D eigenvalue weighted by molar-refractivity contribution is 7.85. The maximum atomic E-state index is 11.8. The van der Waals surface area contributed by atoms with E-state index in [0.29, 0.717) is 4.90 Å². The van der Waals surface area contributed by atoms with Crippen LogP contribution in [0.5, 0.6) is 0 Å². The van der Waals surface area contributed by atoms with E-state index in [1.54, 1.807) is 12.1 Å². The van der Waals surface area contributed by atoms with Crippen LogP contribution in [0.25, 0.3) is 0 Å². The molecule has 0 unspecified atom stereocenters. The molecule has 0 fully saturated rings. The molecule has 0 aliphatic heterocycles. The highest BCUT2D eigenvalue weighted by atomic mass is 32.2. The van der Waals surface area contributed by atoms with Gasteiger partial charge in [0, 0.05) is 11.8 Å². The first-order valence-corrected chi connectivity index (χ1v) is 6.57. The summed E-state index contributed by atoms with van der Waals surface area (Å²) < 4.78 is 16.5. The zero-order chi connectivity index (χ0) is 12.8. The van der Waals surface area contributed by atoms with Gasteiger partial charge < -0.3 is 9.84 Å². The third-order valence-electron chi connectivity index (χ3n) is 2.11. The van der Waals surface area contributed by atoms with E-state index in [0.717, 1.165) is 5.56 Å². The summed E-state index contributed by atoms with van der Waals surface area (Å²) in [5.41, 5.74) is 1.09. The van der Waals surface area contributed by atoms with Gasteiger partial charge in [0.1, 0.15) is 6.61 Å². The molecule has 0 bridgehead atoms. The summed E-state index contributed by atoms with van der Waals surface area (Å²) in [6.07, 6.45) is -0.902. The van der Waals surface area contributed by atoms with Crippen molar-refractivity contribution in [3.05, 3.63) is 29.8 Å². The van der Waals surface area contributed by atoms with Gasteiger partial charge in [-0.1, -0.05) is 17.7 Å². The molecule has 5 heteroatoms. The van der Waals surface area contributed by atoms with E-state index in [4.69, 9.17) is 0 Å². The van der Waals surface area contributed by atoms with Crippen LogP contribution in [0, 0.1) is 6.92 Å². The Morgan fingerprint density at radius 2 is 2.00 bits per heavy atom. The molecule has 1 rings (SSSR count). The highest BCUT2D eigenvalue weighted by Gasteiger charge is 2.12. The van der Waals surface area contributed by atoms with E-state index in [-0.39, 0.29) is 12.4 Å². The Morgan fingerprint density at radius 1 is 1.41 bits per heavy atom. The number of carbonyl (C=O) groups is 1. The van der Waals surface area contributed by atoms with Gasteiger partial charge in [-0.05, 0) is 19.1 Å². The number of hydrogen-bond acceptors (Lipinski definition) is 4. The Labute approximate surface area is 103 Å². The molecule has 0 aliphatic rings. The fraction of sp³-hybridized carbons (Fsp3) is 0.417. The average Bonchev–Trinajstić information content (AvgIpc) is 2.27. The van der Waals surface area contributed by atoms with Crippen molar-refractivity contribution < 1.29 is 18.8 Å². The Balaban J connectivity index is 2.48. The molecule has 4 nitrogen and oxygen atoms in total. The lowest BCUT2D eigenvalue weighted by molar-refractivity contribution is -0.143. The van der Waals surface area contributed by atoms with Crippen LogP contribution in [-0.2, 0) is 20.3 Å². The van der Waals surface area contributed by atoms with Crippen molar-refractivity contribution >= 4 is 16.8 Å². The monoisotopic (exact) mass is 256 g/mol. The second kappa shape index (κ2) is 6.51. The first kappa shape index (κ1) is 13.9. The van der Waals surface area contributed by atoms with E-state index in [2.05, 4.69) is 4.74 Å². The zero-order valence-electron chi connectivity index (χ0n) is 9.88. The van der Waals surface area contributed by atoms with Crippen LogP contribution in [0.1, 0.15) is 12.5 Å². The minimum atomic E-state index is -1.28. The molecule has 0 aromatic heterocycles. The largest absolute Gasteiger partial charge is 0.463 e. The van der Waals surface area contributed by atoms with Crippen LogP contribution < -0.4 is 0 Å². The van der Waals surface area contributed by atoms with E-state index in [1.165, 1.54) is 6.92 Å². The van der Waals surface area contributed by atoms with Gasteiger partial charge in [0.05, 0.1) is 22.7 Å². The first-order valence-electron chi connectivity index (χ1n) is 5.25. The average molecular weight is 256 g/mol. The molecule has 0 radical (unpaired) electrons. The molecule has 0 heterocycles. The van der Waals surface area contributed by atoms with Gasteiger partial charge >= 0.3 is 5.97 Å². The number of esters is 1. The number of aliphatic hydroxyl groups is 1. The van der Waals surface area contributed by atoms with Gasteiger partial charge in [-0.3, -0.25) is 9.00 Å². The molecule has 0 amide bonds. The fourth-order valence-corrected chi connectivity index (χ4v) is 2.30. The minimum absolute atomic E-state index is 0.0658. The predicted molar refractivity (Wildman–Crippen MR) is 65.1 cm³/mol. The SMILES string of the molecule is CC(=O)OC[C@@H](O)C[S@](=O)c1ccc(C)cc1. The summed E-state index contributed by atoms with van der Waals surface area (Å²) in [4.78, 5) is 11.2. The molecule has 0 saturated heterocycles. The molecule has 0 saturated carbocycles. The van der Waals surface area contributed by atoms with Gasteiger partial charge in [-0.25, -0.2) is 0 Å². The highest BCUT2D eigenvalue weighted by Crippen LogP contribution is 2.09. The second-order valence-electron chi connectivity index (χ2n) is 3.78. The predicted octanol–water partition coefficient (Wildman–Crippen LogP) is 1.03. The number of aryl methyl sites for hydroxylation is 1. The number of carbonyl (C=O) groups excluding carboxylic acids is 1. The third-order valence-corrected chi connectivity index (χ3v) is 3.59. The Kier molecular flexibility index (Phi) is 5.31. The molecule has 17 heavy (non-hydrogen) atoms. The van der Waals surface area contributed by atoms with Crippen molar-refractivity contribution in [1.82, 2.24) is 0 Å². The van der Waals surface area contributed by atoms with Crippen molar-refractivity contribution in [2.24, 2.45) is 0 Å². The van der Waals surface area contributed by atoms with Gasteiger partial charge in [-0.2, -0.15) is 0 Å². The number of ether oxygens (including phenoxy) is 1. The Hall–Kier alpha value is -1.20. The molecular weight excluding hydrogens is 240 g/mol. The van der Waals surface area contributed by atoms with Crippen LogP contribution in [0.15, 0.2) is 29.2 Å². The van der Waals surface area contributed by atoms with Crippen molar-refractivity contribution in [3.63, 3.8) is 0 Å². The van der Waals surface area contributed by atoms with Crippen molar-refractivity contribution in [2.75, 3.05) is 12.4 Å².